The number of nitrogen functional groups attached to an aromatic ring is 1. The molecular formula is C11H14N4O. The Hall–Kier alpha value is -2.04. The number of aromatic nitrogens is 3. The molecule has 1 heterocycles. The van der Waals surface area contributed by atoms with Gasteiger partial charge < -0.3 is 10.8 Å². The van der Waals surface area contributed by atoms with Crippen molar-refractivity contribution in [2.45, 2.75) is 19.9 Å². The smallest absolute Gasteiger partial charge is 0.150 e. The van der Waals surface area contributed by atoms with E-state index in [1.54, 1.807) is 28.9 Å². The molecule has 0 amide bonds. The highest BCUT2D eigenvalue weighted by Crippen LogP contribution is 2.26. The molecule has 0 fully saturated rings. The molecule has 3 N–H and O–H groups in total. The van der Waals surface area contributed by atoms with Gasteiger partial charge in [-0.3, -0.25) is 0 Å². The van der Waals surface area contributed by atoms with Crippen LogP contribution in [0, 0.1) is 0 Å². The highest BCUT2D eigenvalue weighted by molar-refractivity contribution is 5.70. The van der Waals surface area contributed by atoms with Crippen molar-refractivity contribution in [2.24, 2.45) is 0 Å². The van der Waals surface area contributed by atoms with Crippen LogP contribution in [0.2, 0.25) is 0 Å². The van der Waals surface area contributed by atoms with Crippen LogP contribution in [-0.4, -0.2) is 20.1 Å². The first-order valence-corrected chi connectivity index (χ1v) is 5.09. The molecule has 0 bridgehead atoms. The first-order valence-electron chi connectivity index (χ1n) is 5.09. The van der Waals surface area contributed by atoms with Gasteiger partial charge in [0.2, 0.25) is 0 Å². The Morgan fingerprint density at radius 1 is 1.25 bits per heavy atom. The van der Waals surface area contributed by atoms with Crippen LogP contribution in [-0.2, 0) is 0 Å². The van der Waals surface area contributed by atoms with Crippen LogP contribution < -0.4 is 5.73 Å². The maximum absolute atomic E-state index is 9.19. The number of benzene rings is 1. The van der Waals surface area contributed by atoms with Gasteiger partial charge in [0.15, 0.2) is 5.82 Å². The second-order valence-corrected chi connectivity index (χ2v) is 3.91. The molecule has 2 rings (SSSR count). The van der Waals surface area contributed by atoms with Crippen LogP contribution in [0.1, 0.15) is 19.9 Å². The Balaban J connectivity index is 2.45. The van der Waals surface area contributed by atoms with Crippen LogP contribution in [0.15, 0.2) is 24.3 Å². The zero-order valence-electron chi connectivity index (χ0n) is 9.25. The minimum absolute atomic E-state index is 0.179. The van der Waals surface area contributed by atoms with Crippen molar-refractivity contribution in [3.05, 3.63) is 24.3 Å². The summed E-state index contributed by atoms with van der Waals surface area (Å²) in [5, 5.41) is 17.2. The highest BCUT2D eigenvalue weighted by atomic mass is 16.3. The van der Waals surface area contributed by atoms with Crippen LogP contribution in [0.4, 0.5) is 5.82 Å². The molecule has 5 nitrogen and oxygen atoms in total. The summed E-state index contributed by atoms with van der Waals surface area (Å²) in [4.78, 5) is 0. The monoisotopic (exact) mass is 218 g/mol. The number of hydrogen-bond donors (Lipinski definition) is 2. The fourth-order valence-electron chi connectivity index (χ4n) is 1.51. The molecule has 0 saturated carbocycles. The number of phenolic OH excluding ortho intramolecular Hbond substituents is 1. The third-order valence-corrected chi connectivity index (χ3v) is 2.36. The third-order valence-electron chi connectivity index (χ3n) is 2.36. The van der Waals surface area contributed by atoms with E-state index >= 15 is 0 Å². The lowest BCUT2D eigenvalue weighted by molar-refractivity contribution is 0.475. The number of hydrogen-bond acceptors (Lipinski definition) is 4. The molecule has 0 aliphatic rings. The Bertz CT molecular complexity index is 487. The van der Waals surface area contributed by atoms with E-state index in [1.165, 1.54) is 0 Å². The van der Waals surface area contributed by atoms with Crippen molar-refractivity contribution < 1.29 is 5.11 Å². The van der Waals surface area contributed by atoms with Crippen LogP contribution >= 0.6 is 0 Å². The predicted molar refractivity (Wildman–Crippen MR) is 61.9 cm³/mol. The number of nitrogens with zero attached hydrogens (tertiary/aromatic N) is 3. The molecule has 0 radical (unpaired) electrons. The first kappa shape index (κ1) is 10.5. The molecule has 5 heteroatoms. The molecule has 0 atom stereocenters. The lowest BCUT2D eigenvalue weighted by Crippen LogP contribution is -2.07. The number of rotatable bonds is 2. The summed E-state index contributed by atoms with van der Waals surface area (Å²) in [5.74, 6) is 0.763. The fourth-order valence-corrected chi connectivity index (χ4v) is 1.51. The predicted octanol–water partition coefficient (Wildman–Crippen LogP) is 1.81. The quantitative estimate of drug-likeness (QED) is 0.806. The summed E-state index contributed by atoms with van der Waals surface area (Å²) in [5.41, 5.74) is 7.45. The van der Waals surface area contributed by atoms with Gasteiger partial charge >= 0.3 is 0 Å². The summed E-state index contributed by atoms with van der Waals surface area (Å²) >= 11 is 0. The Morgan fingerprint density at radius 3 is 2.38 bits per heavy atom. The molecule has 0 spiro atoms. The van der Waals surface area contributed by atoms with Crippen molar-refractivity contribution in [1.29, 1.82) is 0 Å². The van der Waals surface area contributed by atoms with E-state index in [4.69, 9.17) is 5.73 Å². The molecule has 0 aliphatic carbocycles. The highest BCUT2D eigenvalue weighted by Gasteiger charge is 2.13. The molecule has 84 valence electrons. The maximum atomic E-state index is 9.19. The maximum Gasteiger partial charge on any atom is 0.150 e. The molecule has 0 aliphatic heterocycles. The van der Waals surface area contributed by atoms with Crippen molar-refractivity contribution in [2.75, 3.05) is 5.73 Å². The van der Waals surface area contributed by atoms with Gasteiger partial charge in [-0.25, -0.2) is 4.68 Å². The van der Waals surface area contributed by atoms with Crippen molar-refractivity contribution in [3.63, 3.8) is 0 Å². The van der Waals surface area contributed by atoms with Crippen molar-refractivity contribution >= 4 is 5.82 Å². The Morgan fingerprint density at radius 2 is 1.88 bits per heavy atom. The van der Waals surface area contributed by atoms with Gasteiger partial charge in [0.05, 0.1) is 6.04 Å². The summed E-state index contributed by atoms with van der Waals surface area (Å²) in [6, 6.07) is 6.91. The second-order valence-electron chi connectivity index (χ2n) is 3.91. The average molecular weight is 218 g/mol. The SMILES string of the molecule is CC(C)n1nnc(-c2ccc(O)cc2)c1N. The average Bonchev–Trinajstić information content (AvgIpc) is 2.61. The molecule has 1 aromatic heterocycles. The van der Waals surface area contributed by atoms with Gasteiger partial charge in [-0.15, -0.1) is 5.10 Å². The van der Waals surface area contributed by atoms with Gasteiger partial charge in [-0.05, 0) is 38.1 Å². The van der Waals surface area contributed by atoms with Crippen molar-refractivity contribution in [3.8, 4) is 17.0 Å². The van der Waals surface area contributed by atoms with Crippen molar-refractivity contribution in [1.82, 2.24) is 15.0 Å². The molecule has 0 saturated heterocycles. The lowest BCUT2D eigenvalue weighted by atomic mass is 10.1. The fraction of sp³-hybridized carbons (Fsp3) is 0.273. The first-order chi connectivity index (χ1) is 7.59. The van der Waals surface area contributed by atoms with E-state index in [0.717, 1.165) is 5.56 Å². The normalized spacial score (nSPS) is 10.9. The Kier molecular flexibility index (Phi) is 2.52. The Labute approximate surface area is 93.5 Å². The standard InChI is InChI=1S/C11H14N4O/c1-7(2)15-11(12)10(13-14-15)8-3-5-9(16)6-4-8/h3-7,16H,12H2,1-2H3. The summed E-state index contributed by atoms with van der Waals surface area (Å²) in [6.45, 7) is 3.98. The van der Waals surface area contributed by atoms with Gasteiger partial charge in [0.25, 0.3) is 0 Å². The van der Waals surface area contributed by atoms with E-state index in [2.05, 4.69) is 10.3 Å². The summed E-state index contributed by atoms with van der Waals surface area (Å²) < 4.78 is 1.67. The number of phenols is 1. The topological polar surface area (TPSA) is 77.0 Å². The molecule has 1 aromatic carbocycles. The zero-order chi connectivity index (χ0) is 11.7. The molecule has 16 heavy (non-hydrogen) atoms. The van der Waals surface area contributed by atoms with E-state index < -0.39 is 0 Å². The van der Waals surface area contributed by atoms with Crippen LogP contribution in [0.3, 0.4) is 0 Å². The lowest BCUT2D eigenvalue weighted by Gasteiger charge is -2.06. The van der Waals surface area contributed by atoms with Gasteiger partial charge in [0, 0.05) is 5.56 Å². The van der Waals surface area contributed by atoms with E-state index in [-0.39, 0.29) is 11.8 Å². The number of anilines is 1. The summed E-state index contributed by atoms with van der Waals surface area (Å²) in [6.07, 6.45) is 0. The minimum Gasteiger partial charge on any atom is -0.508 e. The second kappa shape index (κ2) is 3.84. The third kappa shape index (κ3) is 1.71. The summed E-state index contributed by atoms with van der Waals surface area (Å²) in [7, 11) is 0. The minimum atomic E-state index is 0.179. The van der Waals surface area contributed by atoms with E-state index in [1.807, 2.05) is 13.8 Å². The van der Waals surface area contributed by atoms with E-state index in [0.29, 0.717) is 11.5 Å². The van der Waals surface area contributed by atoms with Crippen LogP contribution in [0.5, 0.6) is 5.75 Å². The van der Waals surface area contributed by atoms with Gasteiger partial charge in [-0.2, -0.15) is 0 Å². The van der Waals surface area contributed by atoms with E-state index in [9.17, 15) is 5.11 Å². The van der Waals surface area contributed by atoms with Gasteiger partial charge in [0.1, 0.15) is 11.4 Å². The zero-order valence-corrected chi connectivity index (χ0v) is 9.25. The molecule has 0 unspecified atom stereocenters. The number of aromatic hydroxyl groups is 1. The number of nitrogens with two attached hydrogens (primary N) is 1. The molecule has 2 aromatic rings. The van der Waals surface area contributed by atoms with Crippen LogP contribution in [0.25, 0.3) is 11.3 Å². The molecular weight excluding hydrogens is 204 g/mol. The largest absolute Gasteiger partial charge is 0.508 e. The van der Waals surface area contributed by atoms with Gasteiger partial charge in [-0.1, -0.05) is 5.21 Å².